The fraction of sp³-hybridized carbons (Fsp3) is 0.276. The monoisotopic (exact) mass is 516 g/mol. The second-order valence-electron chi connectivity index (χ2n) is 10.3. The Balaban J connectivity index is 1.64. The summed E-state index contributed by atoms with van der Waals surface area (Å²) >= 11 is 0. The van der Waals surface area contributed by atoms with Gasteiger partial charge in [-0.15, -0.1) is 0 Å². The van der Waals surface area contributed by atoms with E-state index in [9.17, 15) is 15.2 Å². The van der Waals surface area contributed by atoms with Crippen molar-refractivity contribution in [2.24, 2.45) is 5.73 Å². The summed E-state index contributed by atoms with van der Waals surface area (Å²) < 4.78 is 36.7. The number of carbonyl (C=O) groups excluding carboxylic acids is 1. The van der Waals surface area contributed by atoms with Crippen LogP contribution in [-0.2, 0) is 6.42 Å². The second-order valence-corrected chi connectivity index (χ2v) is 10.3. The minimum absolute atomic E-state index is 0.0701. The van der Waals surface area contributed by atoms with Crippen molar-refractivity contribution in [2.75, 3.05) is 13.1 Å². The molecule has 0 spiro atoms. The van der Waals surface area contributed by atoms with Gasteiger partial charge in [0, 0.05) is 47.6 Å². The highest BCUT2D eigenvalue weighted by molar-refractivity contribution is 5.97. The molecule has 1 amide bonds. The molecule has 38 heavy (non-hydrogen) atoms. The van der Waals surface area contributed by atoms with Gasteiger partial charge in [0.2, 0.25) is 0 Å². The number of likely N-dealkylation sites (tertiary alicyclic amines) is 1. The summed E-state index contributed by atoms with van der Waals surface area (Å²) in [7, 11) is 0. The number of nitriles is 1. The molecular weight excluding hydrogens is 490 g/mol. The third kappa shape index (κ3) is 4.76. The number of hydrogen-bond donors (Lipinski definition) is 2. The predicted octanol–water partition coefficient (Wildman–Crippen LogP) is 4.80. The number of aliphatic hydroxyl groups is 1. The van der Waals surface area contributed by atoms with Gasteiger partial charge < -0.3 is 20.3 Å². The number of carbonyl (C=O) groups is 1. The maximum absolute atomic E-state index is 15.7. The van der Waals surface area contributed by atoms with Crippen LogP contribution >= 0.6 is 0 Å². The van der Waals surface area contributed by atoms with Crippen LogP contribution in [0, 0.1) is 23.0 Å². The Morgan fingerprint density at radius 1 is 1.24 bits per heavy atom. The van der Waals surface area contributed by atoms with Crippen molar-refractivity contribution in [3.8, 4) is 28.3 Å². The maximum atomic E-state index is 15.7. The molecule has 1 aromatic heterocycles. The van der Waals surface area contributed by atoms with Gasteiger partial charge in [0.05, 0.1) is 16.9 Å². The largest absolute Gasteiger partial charge is 0.390 e. The highest BCUT2D eigenvalue weighted by Crippen LogP contribution is 2.39. The second kappa shape index (κ2) is 9.63. The van der Waals surface area contributed by atoms with Crippen LogP contribution in [0.15, 0.2) is 53.1 Å². The minimum Gasteiger partial charge on any atom is -0.390 e. The molecule has 1 atom stereocenters. The first-order valence-electron chi connectivity index (χ1n) is 12.2. The van der Waals surface area contributed by atoms with Crippen molar-refractivity contribution in [3.63, 3.8) is 0 Å². The van der Waals surface area contributed by atoms with Crippen LogP contribution in [0.5, 0.6) is 0 Å². The molecule has 3 aromatic carbocycles. The van der Waals surface area contributed by atoms with E-state index in [-0.39, 0.29) is 40.6 Å². The van der Waals surface area contributed by atoms with E-state index in [0.717, 1.165) is 6.42 Å². The molecule has 9 heteroatoms. The molecule has 194 valence electrons. The number of nitrogens with zero attached hydrogens (tertiary/aromatic N) is 3. The van der Waals surface area contributed by atoms with E-state index in [1.165, 1.54) is 24.3 Å². The first-order valence-corrected chi connectivity index (χ1v) is 12.2. The summed E-state index contributed by atoms with van der Waals surface area (Å²) in [5.41, 5.74) is 6.14. The first-order chi connectivity index (χ1) is 18.1. The third-order valence-electron chi connectivity index (χ3n) is 6.70. The van der Waals surface area contributed by atoms with Crippen molar-refractivity contribution in [1.29, 1.82) is 5.26 Å². The lowest BCUT2D eigenvalue weighted by Gasteiger charge is -2.17. The van der Waals surface area contributed by atoms with E-state index in [4.69, 9.17) is 10.3 Å². The number of rotatable bonds is 5. The molecule has 2 heterocycles. The SMILES string of the molecule is CC(C)(O)Cc1noc2cc(-c3c(-c4cccc(C(=O)N5CC[C@H](N)C5)c4)ccc(C#N)c3F)c(F)cc12. The van der Waals surface area contributed by atoms with Gasteiger partial charge in [0.15, 0.2) is 5.58 Å². The van der Waals surface area contributed by atoms with Crippen molar-refractivity contribution < 1.29 is 23.2 Å². The zero-order valence-electron chi connectivity index (χ0n) is 21.0. The minimum atomic E-state index is -1.10. The molecule has 1 saturated heterocycles. The van der Waals surface area contributed by atoms with Crippen molar-refractivity contribution in [2.45, 2.75) is 38.3 Å². The van der Waals surface area contributed by atoms with E-state index < -0.39 is 17.2 Å². The summed E-state index contributed by atoms with van der Waals surface area (Å²) in [4.78, 5) is 14.7. The average Bonchev–Trinajstić information content (AvgIpc) is 3.48. The van der Waals surface area contributed by atoms with Crippen LogP contribution in [0.25, 0.3) is 33.2 Å². The molecule has 0 aliphatic carbocycles. The Morgan fingerprint density at radius 3 is 2.71 bits per heavy atom. The molecule has 3 N–H and O–H groups in total. The quantitative estimate of drug-likeness (QED) is 0.394. The smallest absolute Gasteiger partial charge is 0.253 e. The van der Waals surface area contributed by atoms with E-state index in [0.29, 0.717) is 40.9 Å². The number of benzene rings is 3. The molecular formula is C29H26F2N4O3. The van der Waals surface area contributed by atoms with Gasteiger partial charge in [-0.05, 0) is 61.7 Å². The number of hydrogen-bond acceptors (Lipinski definition) is 6. The molecule has 7 nitrogen and oxygen atoms in total. The number of halogens is 2. The lowest BCUT2D eigenvalue weighted by atomic mass is 9.90. The van der Waals surface area contributed by atoms with E-state index >= 15 is 8.78 Å². The summed E-state index contributed by atoms with van der Waals surface area (Å²) in [6.45, 7) is 4.21. The van der Waals surface area contributed by atoms with Crippen LogP contribution in [0.2, 0.25) is 0 Å². The van der Waals surface area contributed by atoms with Gasteiger partial charge in [-0.25, -0.2) is 8.78 Å². The molecule has 0 saturated carbocycles. The van der Waals surface area contributed by atoms with Gasteiger partial charge in [0.25, 0.3) is 5.91 Å². The van der Waals surface area contributed by atoms with E-state index in [1.54, 1.807) is 43.0 Å². The van der Waals surface area contributed by atoms with Crippen molar-refractivity contribution >= 4 is 16.9 Å². The maximum Gasteiger partial charge on any atom is 0.253 e. The third-order valence-corrected chi connectivity index (χ3v) is 6.70. The lowest BCUT2D eigenvalue weighted by molar-refractivity contribution is 0.0785. The predicted molar refractivity (Wildman–Crippen MR) is 138 cm³/mol. The van der Waals surface area contributed by atoms with Crippen molar-refractivity contribution in [1.82, 2.24) is 10.1 Å². The Hall–Kier alpha value is -4.13. The Morgan fingerprint density at radius 2 is 2.03 bits per heavy atom. The molecule has 5 rings (SSSR count). The fourth-order valence-electron chi connectivity index (χ4n) is 4.88. The summed E-state index contributed by atoms with van der Waals surface area (Å²) in [6.07, 6.45) is 0.850. The molecule has 0 bridgehead atoms. The van der Waals surface area contributed by atoms with Crippen molar-refractivity contribution in [3.05, 3.63) is 77.0 Å². The van der Waals surface area contributed by atoms with Crippen LogP contribution < -0.4 is 5.73 Å². The molecule has 0 radical (unpaired) electrons. The number of fused-ring (bicyclic) bond motifs is 1. The zero-order chi connectivity index (χ0) is 27.2. The van der Waals surface area contributed by atoms with Gasteiger partial charge in [-0.1, -0.05) is 23.4 Å². The normalized spacial score (nSPS) is 15.7. The van der Waals surface area contributed by atoms with Crippen LogP contribution in [0.4, 0.5) is 8.78 Å². The van der Waals surface area contributed by atoms with E-state index in [2.05, 4.69) is 5.16 Å². The van der Waals surface area contributed by atoms with Crippen LogP contribution in [0.3, 0.4) is 0 Å². The van der Waals surface area contributed by atoms with Crippen LogP contribution in [-0.4, -0.2) is 45.8 Å². The lowest BCUT2D eigenvalue weighted by Crippen LogP contribution is -2.31. The summed E-state index contributed by atoms with van der Waals surface area (Å²) in [5.74, 6) is -1.82. The van der Waals surface area contributed by atoms with Gasteiger partial charge in [-0.3, -0.25) is 4.79 Å². The molecule has 1 aliphatic rings. The van der Waals surface area contributed by atoms with E-state index in [1.807, 2.05) is 6.07 Å². The molecule has 1 aliphatic heterocycles. The average molecular weight is 517 g/mol. The topological polar surface area (TPSA) is 116 Å². The summed E-state index contributed by atoms with van der Waals surface area (Å²) in [5, 5.41) is 24.0. The highest BCUT2D eigenvalue weighted by atomic mass is 19.1. The molecule has 0 unspecified atom stereocenters. The Bertz CT molecular complexity index is 1600. The summed E-state index contributed by atoms with van der Waals surface area (Å²) in [6, 6.07) is 13.8. The fourth-order valence-corrected chi connectivity index (χ4v) is 4.88. The number of nitrogens with two attached hydrogens (primary N) is 1. The number of amides is 1. The van der Waals surface area contributed by atoms with Gasteiger partial charge in [0.1, 0.15) is 17.7 Å². The first kappa shape index (κ1) is 25.5. The molecule has 4 aromatic rings. The standard InChI is InChI=1S/C29H26F2N4O3/c1-29(2,37)13-24-22-11-23(30)21(12-25(22)38-34-24)26-20(7-6-18(14-32)27(26)31)16-4-3-5-17(10-16)28(36)35-9-8-19(33)15-35/h3-7,10-12,19,37H,8-9,13,15,33H2,1-2H3/t19-/m0/s1. The highest BCUT2D eigenvalue weighted by Gasteiger charge is 2.26. The Kier molecular flexibility index (Phi) is 6.47. The van der Waals surface area contributed by atoms with Gasteiger partial charge >= 0.3 is 0 Å². The molecule has 1 fully saturated rings. The Labute approximate surface area is 218 Å². The van der Waals surface area contributed by atoms with Gasteiger partial charge in [-0.2, -0.15) is 5.26 Å². The number of aromatic nitrogens is 1. The van der Waals surface area contributed by atoms with Crippen LogP contribution in [0.1, 0.15) is 41.9 Å². The zero-order valence-corrected chi connectivity index (χ0v) is 21.0.